The second-order valence-corrected chi connectivity index (χ2v) is 4.53. The van der Waals surface area contributed by atoms with Gasteiger partial charge in [0.2, 0.25) is 0 Å². The summed E-state index contributed by atoms with van der Waals surface area (Å²) in [7, 11) is 0. The van der Waals surface area contributed by atoms with Crippen molar-refractivity contribution in [2.45, 2.75) is 25.2 Å². The minimum absolute atomic E-state index is 0.174. The van der Waals surface area contributed by atoms with Crippen LogP contribution in [0.15, 0.2) is 22.7 Å². The lowest BCUT2D eigenvalue weighted by molar-refractivity contribution is 0.900. The van der Waals surface area contributed by atoms with Crippen molar-refractivity contribution in [1.82, 2.24) is 0 Å². The summed E-state index contributed by atoms with van der Waals surface area (Å²) in [5.74, 6) is 0. The zero-order valence-electron chi connectivity index (χ0n) is 7.47. The lowest BCUT2D eigenvalue weighted by atomic mass is 9.97. The van der Waals surface area contributed by atoms with Crippen LogP contribution in [0.4, 0.5) is 0 Å². The first-order chi connectivity index (χ1) is 6.18. The van der Waals surface area contributed by atoms with Gasteiger partial charge in [0.1, 0.15) is 0 Å². The Morgan fingerprint density at radius 2 is 2.15 bits per heavy atom. The molecule has 0 amide bonds. The number of nitriles is 1. The fraction of sp³-hybridized carbons (Fsp3) is 0.364. The van der Waals surface area contributed by atoms with Crippen molar-refractivity contribution >= 4 is 15.9 Å². The van der Waals surface area contributed by atoms with Gasteiger partial charge in [-0.15, -0.1) is 0 Å². The van der Waals surface area contributed by atoms with E-state index in [-0.39, 0.29) is 5.41 Å². The Kier molecular flexibility index (Phi) is 1.92. The maximum atomic E-state index is 9.03. The summed E-state index contributed by atoms with van der Waals surface area (Å²) in [6, 6.07) is 8.61. The minimum atomic E-state index is -0.174. The van der Waals surface area contributed by atoms with Gasteiger partial charge in [-0.3, -0.25) is 0 Å². The molecule has 1 aliphatic carbocycles. The van der Waals surface area contributed by atoms with E-state index in [1.807, 2.05) is 0 Å². The number of aryl methyl sites for hydroxylation is 1. The Labute approximate surface area is 86.5 Å². The van der Waals surface area contributed by atoms with Gasteiger partial charge in [-0.05, 0) is 37.0 Å². The molecule has 0 N–H and O–H groups in total. The summed E-state index contributed by atoms with van der Waals surface area (Å²) < 4.78 is 1.08. The summed E-state index contributed by atoms with van der Waals surface area (Å²) in [5.41, 5.74) is 2.21. The van der Waals surface area contributed by atoms with Crippen LogP contribution in [0.25, 0.3) is 0 Å². The average Bonchev–Trinajstić information content (AvgIpc) is 2.85. The molecule has 1 saturated carbocycles. The monoisotopic (exact) mass is 235 g/mol. The van der Waals surface area contributed by atoms with E-state index >= 15 is 0 Å². The molecule has 2 rings (SSSR count). The molecule has 1 nitrogen and oxygen atoms in total. The smallest absolute Gasteiger partial charge is 0.0834 e. The molecule has 13 heavy (non-hydrogen) atoms. The van der Waals surface area contributed by atoms with Gasteiger partial charge in [0.25, 0.3) is 0 Å². The van der Waals surface area contributed by atoms with Crippen LogP contribution in [0, 0.1) is 18.3 Å². The zero-order valence-corrected chi connectivity index (χ0v) is 9.06. The highest BCUT2D eigenvalue weighted by Gasteiger charge is 2.45. The van der Waals surface area contributed by atoms with Gasteiger partial charge < -0.3 is 0 Å². The number of hydrogen-bond donors (Lipinski definition) is 0. The number of halogens is 1. The largest absolute Gasteiger partial charge is 0.197 e. The van der Waals surface area contributed by atoms with E-state index in [1.165, 1.54) is 5.56 Å². The average molecular weight is 236 g/mol. The third-order valence-electron chi connectivity index (χ3n) is 2.60. The summed E-state index contributed by atoms with van der Waals surface area (Å²) in [6.45, 7) is 2.06. The Bertz CT molecular complexity index is 386. The van der Waals surface area contributed by atoms with Gasteiger partial charge in [-0.1, -0.05) is 28.1 Å². The molecule has 1 fully saturated rings. The van der Waals surface area contributed by atoms with Crippen LogP contribution in [0.2, 0.25) is 0 Å². The lowest BCUT2D eigenvalue weighted by Gasteiger charge is -2.09. The van der Waals surface area contributed by atoms with E-state index in [1.54, 1.807) is 0 Å². The van der Waals surface area contributed by atoms with Crippen LogP contribution in [0.1, 0.15) is 24.0 Å². The molecule has 1 aliphatic rings. The molecule has 66 valence electrons. The van der Waals surface area contributed by atoms with E-state index in [0.717, 1.165) is 22.9 Å². The second-order valence-electron chi connectivity index (χ2n) is 3.68. The van der Waals surface area contributed by atoms with Crippen LogP contribution in [-0.2, 0) is 5.41 Å². The molecule has 1 aromatic rings. The third-order valence-corrected chi connectivity index (χ3v) is 3.26. The standard InChI is InChI=1S/C11H10BrN/c1-8-2-3-9(10(12)6-8)11(7-13)4-5-11/h2-3,6H,4-5H2,1H3. The van der Waals surface area contributed by atoms with Crippen molar-refractivity contribution < 1.29 is 0 Å². The zero-order chi connectivity index (χ0) is 9.47. The van der Waals surface area contributed by atoms with Crippen molar-refractivity contribution in [3.63, 3.8) is 0 Å². The topological polar surface area (TPSA) is 23.8 Å². The molecule has 0 atom stereocenters. The van der Waals surface area contributed by atoms with Crippen molar-refractivity contribution in [3.8, 4) is 6.07 Å². The van der Waals surface area contributed by atoms with E-state index < -0.39 is 0 Å². The SMILES string of the molecule is Cc1ccc(C2(C#N)CC2)c(Br)c1. The van der Waals surface area contributed by atoms with Crippen LogP contribution < -0.4 is 0 Å². The first kappa shape index (κ1) is 8.77. The number of rotatable bonds is 1. The van der Waals surface area contributed by atoms with Crippen LogP contribution in [0.5, 0.6) is 0 Å². The fourth-order valence-electron chi connectivity index (χ4n) is 1.57. The highest BCUT2D eigenvalue weighted by molar-refractivity contribution is 9.10. The number of nitrogens with zero attached hydrogens (tertiary/aromatic N) is 1. The van der Waals surface area contributed by atoms with Gasteiger partial charge in [0, 0.05) is 4.47 Å². The Morgan fingerprint density at radius 1 is 1.46 bits per heavy atom. The molecule has 0 saturated heterocycles. The highest BCUT2D eigenvalue weighted by atomic mass is 79.9. The fourth-order valence-corrected chi connectivity index (χ4v) is 2.45. The van der Waals surface area contributed by atoms with Crippen molar-refractivity contribution in [2.24, 2.45) is 0 Å². The number of hydrogen-bond acceptors (Lipinski definition) is 1. The Balaban J connectivity index is 2.48. The molecular formula is C11H10BrN. The molecule has 2 heteroatoms. The van der Waals surface area contributed by atoms with Crippen molar-refractivity contribution in [2.75, 3.05) is 0 Å². The first-order valence-corrected chi connectivity index (χ1v) is 5.15. The minimum Gasteiger partial charge on any atom is -0.197 e. The van der Waals surface area contributed by atoms with Gasteiger partial charge >= 0.3 is 0 Å². The predicted octanol–water partition coefficient (Wildman–Crippen LogP) is 3.31. The van der Waals surface area contributed by atoms with Gasteiger partial charge in [0.05, 0.1) is 11.5 Å². The van der Waals surface area contributed by atoms with E-state index in [0.29, 0.717) is 0 Å². The lowest BCUT2D eigenvalue weighted by Crippen LogP contribution is -2.03. The van der Waals surface area contributed by atoms with Gasteiger partial charge in [0.15, 0.2) is 0 Å². The summed E-state index contributed by atoms with van der Waals surface area (Å²) in [5, 5.41) is 9.03. The maximum Gasteiger partial charge on any atom is 0.0834 e. The summed E-state index contributed by atoms with van der Waals surface area (Å²) in [4.78, 5) is 0. The first-order valence-electron chi connectivity index (χ1n) is 4.36. The molecular weight excluding hydrogens is 226 g/mol. The van der Waals surface area contributed by atoms with Crippen LogP contribution in [-0.4, -0.2) is 0 Å². The van der Waals surface area contributed by atoms with E-state index in [4.69, 9.17) is 5.26 Å². The van der Waals surface area contributed by atoms with E-state index in [2.05, 4.69) is 47.1 Å². The molecule has 0 unspecified atom stereocenters. The molecule has 0 spiro atoms. The maximum absolute atomic E-state index is 9.03. The molecule has 0 radical (unpaired) electrons. The van der Waals surface area contributed by atoms with Crippen molar-refractivity contribution in [3.05, 3.63) is 33.8 Å². The normalized spacial score (nSPS) is 17.9. The molecule has 0 bridgehead atoms. The Morgan fingerprint density at radius 3 is 2.62 bits per heavy atom. The number of benzene rings is 1. The molecule has 0 aromatic heterocycles. The second kappa shape index (κ2) is 2.85. The Hall–Kier alpha value is -0.810. The highest BCUT2D eigenvalue weighted by Crippen LogP contribution is 2.49. The molecule has 0 aliphatic heterocycles. The van der Waals surface area contributed by atoms with E-state index in [9.17, 15) is 0 Å². The third kappa shape index (κ3) is 1.38. The molecule has 1 aromatic carbocycles. The van der Waals surface area contributed by atoms with Crippen LogP contribution in [0.3, 0.4) is 0 Å². The van der Waals surface area contributed by atoms with Gasteiger partial charge in [-0.25, -0.2) is 0 Å². The van der Waals surface area contributed by atoms with Crippen molar-refractivity contribution in [1.29, 1.82) is 5.26 Å². The molecule has 0 heterocycles. The van der Waals surface area contributed by atoms with Crippen LogP contribution >= 0.6 is 15.9 Å². The predicted molar refractivity (Wildman–Crippen MR) is 55.4 cm³/mol. The van der Waals surface area contributed by atoms with Gasteiger partial charge in [-0.2, -0.15) is 5.26 Å². The summed E-state index contributed by atoms with van der Waals surface area (Å²) in [6.07, 6.45) is 2.01. The quantitative estimate of drug-likeness (QED) is 0.733. The summed E-state index contributed by atoms with van der Waals surface area (Å²) >= 11 is 3.51.